The molecule has 1 N–H and O–H groups in total. The zero-order valence-corrected chi connectivity index (χ0v) is 37.1. The maximum absolute atomic E-state index is 12.6. The molecule has 0 spiro atoms. The molecule has 0 aromatic rings. The molecule has 0 bridgehead atoms. The molecule has 322 valence electrons. The van der Waals surface area contributed by atoms with E-state index >= 15 is 0 Å². The van der Waals surface area contributed by atoms with E-state index in [1.165, 1.54) is 154 Å². The van der Waals surface area contributed by atoms with Gasteiger partial charge in [0, 0.05) is 12.8 Å². The van der Waals surface area contributed by atoms with Crippen molar-refractivity contribution in [3.63, 3.8) is 0 Å². The Hall–Kier alpha value is -0.990. The number of nitrogens with zero attached hydrogens (tertiary/aromatic N) is 1. The minimum Gasteiger partial charge on any atom is -0.462 e. The Morgan fingerprint density at radius 3 is 1.19 bits per heavy atom. The molecule has 1 unspecified atom stereocenters. The fourth-order valence-corrected chi connectivity index (χ4v) is 7.29. The Bertz CT molecular complexity index is 896. The van der Waals surface area contributed by atoms with Crippen LogP contribution in [0.4, 0.5) is 0 Å². The minimum atomic E-state index is -4.36. The molecule has 0 aliphatic heterocycles. The van der Waals surface area contributed by atoms with Crippen molar-refractivity contribution in [2.24, 2.45) is 0 Å². The van der Waals surface area contributed by atoms with Crippen LogP contribution in [-0.4, -0.2) is 74.9 Å². The molecular weight excluding hydrogens is 701 g/mol. The molecule has 0 saturated carbocycles. The van der Waals surface area contributed by atoms with E-state index in [2.05, 4.69) is 13.8 Å². The molecule has 54 heavy (non-hydrogen) atoms. The maximum Gasteiger partial charge on any atom is 0.472 e. The van der Waals surface area contributed by atoms with Gasteiger partial charge in [0.25, 0.3) is 0 Å². The Kier molecular flexibility index (Phi) is 36.9. The van der Waals surface area contributed by atoms with Crippen molar-refractivity contribution in [1.29, 1.82) is 0 Å². The summed E-state index contributed by atoms with van der Waals surface area (Å²) in [6.45, 7) is 4.43. The fourth-order valence-electron chi connectivity index (χ4n) is 6.54. The van der Waals surface area contributed by atoms with E-state index in [1.54, 1.807) is 0 Å². The van der Waals surface area contributed by atoms with Gasteiger partial charge in [-0.1, -0.05) is 194 Å². The molecule has 0 amide bonds. The van der Waals surface area contributed by atoms with E-state index in [4.69, 9.17) is 18.5 Å². The predicted molar refractivity (Wildman–Crippen MR) is 225 cm³/mol. The summed E-state index contributed by atoms with van der Waals surface area (Å²) in [7, 11) is 1.49. The second kappa shape index (κ2) is 37.6. The van der Waals surface area contributed by atoms with Gasteiger partial charge in [0.15, 0.2) is 6.10 Å². The number of hydrogen-bond donors (Lipinski definition) is 1. The third-order valence-corrected chi connectivity index (χ3v) is 11.1. The average molecular weight is 791 g/mol. The summed E-state index contributed by atoms with van der Waals surface area (Å²) in [4.78, 5) is 35.2. The molecule has 2 atom stereocenters. The Labute approximate surface area is 334 Å². The number of carbonyl (C=O) groups excluding carboxylic acids is 2. The highest BCUT2D eigenvalue weighted by atomic mass is 31.2. The monoisotopic (exact) mass is 791 g/mol. The predicted octanol–water partition coefficient (Wildman–Crippen LogP) is 12.8. The van der Waals surface area contributed by atoms with Gasteiger partial charge in [-0.3, -0.25) is 18.6 Å². The second-order valence-electron chi connectivity index (χ2n) is 16.8. The highest BCUT2D eigenvalue weighted by Crippen LogP contribution is 2.43. The first kappa shape index (κ1) is 53.0. The zero-order valence-electron chi connectivity index (χ0n) is 36.2. The molecule has 0 fully saturated rings. The molecular formula is C44H89NO8P+. The average Bonchev–Trinajstić information content (AvgIpc) is 3.12. The van der Waals surface area contributed by atoms with Crippen molar-refractivity contribution in [2.45, 2.75) is 225 Å². The third kappa shape index (κ3) is 40.7. The van der Waals surface area contributed by atoms with Gasteiger partial charge in [0.05, 0.1) is 27.7 Å². The number of ether oxygens (including phenoxy) is 2. The number of carbonyl (C=O) groups is 2. The standard InChI is InChI=1S/C44H88NO8P/c1-6-8-10-12-14-16-17-18-19-20-21-22-23-24-25-26-27-29-30-32-34-36-43(46)50-40-42(41-52-54(48,49)51-39-38-45(3,4)5)53-44(47)37-35-33-31-28-15-13-11-9-7-2/h42H,6-41H2,1-5H3/p+1/t42-/m0/s1. The number of rotatable bonds is 42. The van der Waals surface area contributed by atoms with Crippen LogP contribution in [0.3, 0.4) is 0 Å². The normalized spacial score (nSPS) is 13.5. The number of phosphoric acid groups is 1. The Morgan fingerprint density at radius 2 is 0.833 bits per heavy atom. The van der Waals surface area contributed by atoms with Gasteiger partial charge < -0.3 is 18.9 Å². The first-order valence-corrected chi connectivity index (χ1v) is 24.3. The smallest absolute Gasteiger partial charge is 0.462 e. The molecule has 0 aliphatic rings. The van der Waals surface area contributed by atoms with Crippen LogP contribution in [0.15, 0.2) is 0 Å². The van der Waals surface area contributed by atoms with Crippen molar-refractivity contribution in [2.75, 3.05) is 47.5 Å². The molecule has 0 radical (unpaired) electrons. The lowest BCUT2D eigenvalue weighted by Gasteiger charge is -2.24. The van der Waals surface area contributed by atoms with Crippen LogP contribution in [0, 0.1) is 0 Å². The van der Waals surface area contributed by atoms with Crippen molar-refractivity contribution >= 4 is 19.8 Å². The number of likely N-dealkylation sites (N-methyl/N-ethyl adjacent to an activating group) is 1. The lowest BCUT2D eigenvalue weighted by molar-refractivity contribution is -0.870. The van der Waals surface area contributed by atoms with E-state index in [-0.39, 0.29) is 25.6 Å². The molecule has 0 aromatic carbocycles. The first-order valence-electron chi connectivity index (χ1n) is 22.8. The Morgan fingerprint density at radius 1 is 0.500 bits per heavy atom. The van der Waals surface area contributed by atoms with E-state index in [9.17, 15) is 19.0 Å². The number of hydrogen-bond acceptors (Lipinski definition) is 7. The van der Waals surface area contributed by atoms with Gasteiger partial charge in [-0.2, -0.15) is 0 Å². The minimum absolute atomic E-state index is 0.0365. The van der Waals surface area contributed by atoms with Crippen molar-refractivity contribution in [3.05, 3.63) is 0 Å². The molecule has 0 saturated heterocycles. The summed E-state index contributed by atoms with van der Waals surface area (Å²) < 4.78 is 34.2. The molecule has 0 rings (SSSR count). The largest absolute Gasteiger partial charge is 0.472 e. The second-order valence-corrected chi connectivity index (χ2v) is 18.3. The number of quaternary nitrogens is 1. The maximum atomic E-state index is 12.6. The first-order chi connectivity index (χ1) is 26.0. The van der Waals surface area contributed by atoms with E-state index in [1.807, 2.05) is 21.1 Å². The molecule has 10 heteroatoms. The van der Waals surface area contributed by atoms with Gasteiger partial charge in [-0.25, -0.2) is 4.57 Å². The summed E-state index contributed by atoms with van der Waals surface area (Å²) >= 11 is 0. The van der Waals surface area contributed by atoms with Gasteiger partial charge in [0.1, 0.15) is 19.8 Å². The summed E-state index contributed by atoms with van der Waals surface area (Å²) in [5, 5.41) is 0. The quantitative estimate of drug-likeness (QED) is 0.0282. The van der Waals surface area contributed by atoms with E-state index in [0.717, 1.165) is 32.1 Å². The number of unbranched alkanes of at least 4 members (excludes halogenated alkanes) is 28. The zero-order chi connectivity index (χ0) is 40.0. The lowest BCUT2D eigenvalue weighted by Crippen LogP contribution is -2.37. The van der Waals surface area contributed by atoms with Crippen molar-refractivity contribution in [3.8, 4) is 0 Å². The van der Waals surface area contributed by atoms with Gasteiger partial charge >= 0.3 is 19.8 Å². The SMILES string of the molecule is CCCCCCCCCCCCCCCCCCCCCCCC(=O)OC[C@@H](COP(=O)(O)OCC[N+](C)(C)C)OC(=O)CCCCCCCCCCC. The van der Waals surface area contributed by atoms with E-state index < -0.39 is 26.5 Å². The number of phosphoric ester groups is 1. The fraction of sp³-hybridized carbons (Fsp3) is 0.955. The van der Waals surface area contributed by atoms with Crippen LogP contribution >= 0.6 is 7.82 Å². The van der Waals surface area contributed by atoms with Crippen LogP contribution in [0.2, 0.25) is 0 Å². The molecule has 0 heterocycles. The highest BCUT2D eigenvalue weighted by molar-refractivity contribution is 7.47. The summed E-state index contributed by atoms with van der Waals surface area (Å²) in [6, 6.07) is 0. The topological polar surface area (TPSA) is 108 Å². The van der Waals surface area contributed by atoms with Gasteiger partial charge in [-0.15, -0.1) is 0 Å². The molecule has 0 aliphatic carbocycles. The van der Waals surface area contributed by atoms with Crippen LogP contribution in [0.1, 0.15) is 219 Å². The third-order valence-electron chi connectivity index (χ3n) is 10.1. The van der Waals surface area contributed by atoms with Crippen molar-refractivity contribution < 1.29 is 42.1 Å². The van der Waals surface area contributed by atoms with Crippen molar-refractivity contribution in [1.82, 2.24) is 0 Å². The number of esters is 2. The van der Waals surface area contributed by atoms with Crippen LogP contribution in [0.25, 0.3) is 0 Å². The summed E-state index contributed by atoms with van der Waals surface area (Å²) in [5.74, 6) is -0.787. The van der Waals surface area contributed by atoms with Crippen LogP contribution in [-0.2, 0) is 32.7 Å². The molecule has 9 nitrogen and oxygen atoms in total. The highest BCUT2D eigenvalue weighted by Gasteiger charge is 2.27. The van der Waals surface area contributed by atoms with Gasteiger partial charge in [0.2, 0.25) is 0 Å². The summed E-state index contributed by atoms with van der Waals surface area (Å²) in [6.07, 6.45) is 37.3. The van der Waals surface area contributed by atoms with Crippen LogP contribution < -0.4 is 0 Å². The van der Waals surface area contributed by atoms with E-state index in [0.29, 0.717) is 23.9 Å². The van der Waals surface area contributed by atoms with Crippen LogP contribution in [0.5, 0.6) is 0 Å². The molecule has 0 aromatic heterocycles. The van der Waals surface area contributed by atoms with Gasteiger partial charge in [-0.05, 0) is 12.8 Å². The summed E-state index contributed by atoms with van der Waals surface area (Å²) in [5.41, 5.74) is 0. The Balaban J connectivity index is 4.14. The lowest BCUT2D eigenvalue weighted by atomic mass is 10.0.